The normalized spacial score (nSPS) is 21.8. The summed E-state index contributed by atoms with van der Waals surface area (Å²) in [5, 5.41) is 0. The average Bonchev–Trinajstić information content (AvgIpc) is 2.92. The van der Waals surface area contributed by atoms with Crippen molar-refractivity contribution in [2.75, 3.05) is 7.11 Å². The lowest BCUT2D eigenvalue weighted by Crippen LogP contribution is -2.25. The number of benzene rings is 2. The van der Waals surface area contributed by atoms with E-state index in [-0.39, 0.29) is 11.4 Å². The molecule has 25 heavy (non-hydrogen) atoms. The quantitative estimate of drug-likeness (QED) is 0.573. The van der Waals surface area contributed by atoms with Gasteiger partial charge in [0.25, 0.3) is 0 Å². The molecule has 3 nitrogen and oxygen atoms in total. The first kappa shape index (κ1) is 17.5. The fraction of sp³-hybridized carbons (Fsp3) is 0.409. The summed E-state index contributed by atoms with van der Waals surface area (Å²) in [7, 11) is 1.69. The Morgan fingerprint density at radius 3 is 1.80 bits per heavy atom. The molecule has 2 aromatic carbocycles. The summed E-state index contributed by atoms with van der Waals surface area (Å²) in [5.74, 6) is 1.18. The van der Waals surface area contributed by atoms with E-state index in [1.54, 1.807) is 7.11 Å². The van der Waals surface area contributed by atoms with Crippen LogP contribution in [0.3, 0.4) is 0 Å². The first-order chi connectivity index (χ1) is 11.8. The smallest absolute Gasteiger partial charge is 0.308 e. The first-order valence-electron chi connectivity index (χ1n) is 8.78. The molecule has 0 bridgehead atoms. The zero-order valence-electron chi connectivity index (χ0n) is 15.5. The van der Waals surface area contributed by atoms with Crippen LogP contribution in [0, 0.1) is 5.41 Å². The van der Waals surface area contributed by atoms with E-state index in [1.807, 2.05) is 24.3 Å². The van der Waals surface area contributed by atoms with Crippen molar-refractivity contribution in [1.29, 1.82) is 0 Å². The number of hydrogen-bond donors (Lipinski definition) is 0. The van der Waals surface area contributed by atoms with Gasteiger partial charge in [-0.1, -0.05) is 38.1 Å². The van der Waals surface area contributed by atoms with Gasteiger partial charge in [-0.2, -0.15) is 0 Å². The molecule has 0 heterocycles. The largest absolute Gasteiger partial charge is 0.497 e. The summed E-state index contributed by atoms with van der Waals surface area (Å²) in [5.41, 5.74) is 2.89. The van der Waals surface area contributed by atoms with E-state index in [0.717, 1.165) is 18.6 Å². The van der Waals surface area contributed by atoms with E-state index in [4.69, 9.17) is 9.47 Å². The van der Waals surface area contributed by atoms with Crippen LogP contribution in [0.2, 0.25) is 0 Å². The highest BCUT2D eigenvalue weighted by atomic mass is 16.5. The second-order valence-electron chi connectivity index (χ2n) is 7.77. The zero-order valence-corrected chi connectivity index (χ0v) is 15.5. The number of carbonyl (C=O) groups excluding carboxylic acids is 1. The van der Waals surface area contributed by atoms with Crippen molar-refractivity contribution in [3.05, 3.63) is 59.7 Å². The molecule has 0 aromatic heterocycles. The van der Waals surface area contributed by atoms with E-state index >= 15 is 0 Å². The molecule has 1 fully saturated rings. The number of carbonyl (C=O) groups is 1. The lowest BCUT2D eigenvalue weighted by Gasteiger charge is -2.32. The second-order valence-corrected chi connectivity index (χ2v) is 7.77. The molecule has 0 saturated heterocycles. The molecule has 1 aliphatic carbocycles. The SMILES string of the molecule is COc1ccc(C2(c3ccc(OC(C)=O)cc3)CCC(C)(C)C2)cc1. The number of ether oxygens (including phenoxy) is 2. The van der Waals surface area contributed by atoms with Gasteiger partial charge < -0.3 is 9.47 Å². The van der Waals surface area contributed by atoms with Gasteiger partial charge in [0.05, 0.1) is 7.11 Å². The maximum atomic E-state index is 11.2. The maximum absolute atomic E-state index is 11.2. The van der Waals surface area contributed by atoms with Crippen molar-refractivity contribution in [1.82, 2.24) is 0 Å². The summed E-state index contributed by atoms with van der Waals surface area (Å²) in [6, 6.07) is 16.4. The van der Waals surface area contributed by atoms with Gasteiger partial charge in [0, 0.05) is 12.3 Å². The molecule has 0 N–H and O–H groups in total. The minimum Gasteiger partial charge on any atom is -0.497 e. The Morgan fingerprint density at radius 1 is 0.880 bits per heavy atom. The van der Waals surface area contributed by atoms with E-state index in [0.29, 0.717) is 11.2 Å². The molecule has 3 rings (SSSR count). The van der Waals surface area contributed by atoms with Gasteiger partial charge in [-0.05, 0) is 60.1 Å². The minimum atomic E-state index is -0.292. The summed E-state index contributed by atoms with van der Waals surface area (Å²) >= 11 is 0. The molecule has 1 unspecified atom stereocenters. The van der Waals surface area contributed by atoms with Gasteiger partial charge in [-0.15, -0.1) is 0 Å². The first-order valence-corrected chi connectivity index (χ1v) is 8.78. The lowest BCUT2D eigenvalue weighted by molar-refractivity contribution is -0.131. The highest BCUT2D eigenvalue weighted by Crippen LogP contribution is 2.54. The molecule has 2 aromatic rings. The van der Waals surface area contributed by atoms with Crippen LogP contribution in [0.5, 0.6) is 11.5 Å². The van der Waals surface area contributed by atoms with Gasteiger partial charge in [-0.3, -0.25) is 4.79 Å². The van der Waals surface area contributed by atoms with Crippen LogP contribution in [0.15, 0.2) is 48.5 Å². The molecular weight excluding hydrogens is 312 g/mol. The van der Waals surface area contributed by atoms with Gasteiger partial charge in [0.15, 0.2) is 0 Å². The third-order valence-electron chi connectivity index (χ3n) is 5.32. The summed E-state index contributed by atoms with van der Waals surface area (Å²) in [4.78, 5) is 11.2. The zero-order chi connectivity index (χ0) is 18.1. The van der Waals surface area contributed by atoms with Crippen LogP contribution in [-0.4, -0.2) is 13.1 Å². The highest BCUT2D eigenvalue weighted by molar-refractivity contribution is 5.69. The molecule has 1 saturated carbocycles. The van der Waals surface area contributed by atoms with Crippen LogP contribution in [0.4, 0.5) is 0 Å². The highest BCUT2D eigenvalue weighted by Gasteiger charge is 2.45. The predicted molar refractivity (Wildman–Crippen MR) is 99.2 cm³/mol. The van der Waals surface area contributed by atoms with Gasteiger partial charge >= 0.3 is 5.97 Å². The Kier molecular flexibility index (Phi) is 4.59. The predicted octanol–water partition coefficient (Wildman–Crippen LogP) is 5.12. The van der Waals surface area contributed by atoms with Crippen LogP contribution >= 0.6 is 0 Å². The van der Waals surface area contributed by atoms with E-state index < -0.39 is 0 Å². The van der Waals surface area contributed by atoms with E-state index in [9.17, 15) is 4.79 Å². The van der Waals surface area contributed by atoms with Crippen LogP contribution < -0.4 is 9.47 Å². The van der Waals surface area contributed by atoms with Gasteiger partial charge in [0.2, 0.25) is 0 Å². The molecule has 0 spiro atoms. The van der Waals surface area contributed by atoms with Crippen molar-refractivity contribution >= 4 is 5.97 Å². The lowest BCUT2D eigenvalue weighted by atomic mass is 9.71. The van der Waals surface area contributed by atoms with Crippen LogP contribution in [0.1, 0.15) is 51.2 Å². The van der Waals surface area contributed by atoms with E-state index in [2.05, 4.69) is 38.1 Å². The fourth-order valence-corrected chi connectivity index (χ4v) is 4.12. The van der Waals surface area contributed by atoms with Crippen molar-refractivity contribution in [3.63, 3.8) is 0 Å². The Balaban J connectivity index is 2.01. The molecule has 132 valence electrons. The molecule has 1 atom stereocenters. The van der Waals surface area contributed by atoms with Gasteiger partial charge in [0.1, 0.15) is 11.5 Å². The Labute approximate surface area is 150 Å². The van der Waals surface area contributed by atoms with Gasteiger partial charge in [-0.25, -0.2) is 0 Å². The standard InChI is InChI=1S/C22H26O3/c1-16(23)25-20-11-7-18(8-12-20)22(14-13-21(2,3)15-22)17-5-9-19(24-4)10-6-17/h5-12H,13-15H2,1-4H3. The molecular formula is C22H26O3. The number of methoxy groups -OCH3 is 1. The van der Waals surface area contributed by atoms with Crippen LogP contribution in [-0.2, 0) is 10.2 Å². The number of hydrogen-bond acceptors (Lipinski definition) is 3. The fourth-order valence-electron chi connectivity index (χ4n) is 4.12. The number of rotatable bonds is 4. The van der Waals surface area contributed by atoms with Crippen molar-refractivity contribution in [2.45, 2.75) is 45.4 Å². The summed E-state index contributed by atoms with van der Waals surface area (Å²) < 4.78 is 10.5. The Hall–Kier alpha value is -2.29. The summed E-state index contributed by atoms with van der Waals surface area (Å²) in [6.45, 7) is 6.10. The van der Waals surface area contributed by atoms with Crippen molar-refractivity contribution in [3.8, 4) is 11.5 Å². The Bertz CT molecular complexity index is 744. The maximum Gasteiger partial charge on any atom is 0.308 e. The summed E-state index contributed by atoms with van der Waals surface area (Å²) in [6.07, 6.45) is 3.39. The number of esters is 1. The molecule has 0 radical (unpaired) electrons. The average molecular weight is 338 g/mol. The topological polar surface area (TPSA) is 35.5 Å². The van der Waals surface area contributed by atoms with Crippen molar-refractivity contribution in [2.24, 2.45) is 5.41 Å². The molecule has 3 heteroatoms. The Morgan fingerprint density at radius 2 is 1.40 bits per heavy atom. The minimum absolute atomic E-state index is 0.00940. The van der Waals surface area contributed by atoms with Crippen molar-refractivity contribution < 1.29 is 14.3 Å². The molecule has 0 aliphatic heterocycles. The second kappa shape index (κ2) is 6.55. The monoisotopic (exact) mass is 338 g/mol. The third-order valence-corrected chi connectivity index (χ3v) is 5.32. The molecule has 0 amide bonds. The van der Waals surface area contributed by atoms with E-state index in [1.165, 1.54) is 24.5 Å². The molecule has 1 aliphatic rings. The third kappa shape index (κ3) is 3.55. The van der Waals surface area contributed by atoms with Crippen LogP contribution in [0.25, 0.3) is 0 Å².